The fourth-order valence-corrected chi connectivity index (χ4v) is 2.84. The number of hydrogen-bond donors (Lipinski definition) is 1. The number of nitrogens with one attached hydrogen (secondary N) is 1. The summed E-state index contributed by atoms with van der Waals surface area (Å²) >= 11 is 0. The molecule has 0 spiro atoms. The zero-order valence-corrected chi connectivity index (χ0v) is 11.0. The van der Waals surface area contributed by atoms with Gasteiger partial charge in [0.05, 0.1) is 0 Å². The van der Waals surface area contributed by atoms with Gasteiger partial charge in [0.15, 0.2) is 0 Å². The van der Waals surface area contributed by atoms with Crippen molar-refractivity contribution in [1.29, 1.82) is 0 Å². The van der Waals surface area contributed by atoms with Gasteiger partial charge in [-0.1, -0.05) is 27.2 Å². The van der Waals surface area contributed by atoms with Crippen LogP contribution < -0.4 is 5.32 Å². The Morgan fingerprint density at radius 3 is 2.73 bits per heavy atom. The van der Waals surface area contributed by atoms with Crippen molar-refractivity contribution in [3.05, 3.63) is 0 Å². The highest BCUT2D eigenvalue weighted by atomic mass is 15.2. The first-order valence-corrected chi connectivity index (χ1v) is 6.44. The Morgan fingerprint density at radius 2 is 2.13 bits per heavy atom. The molecule has 0 amide bonds. The van der Waals surface area contributed by atoms with Crippen LogP contribution in [0.15, 0.2) is 0 Å². The molecule has 90 valence electrons. The van der Waals surface area contributed by atoms with Gasteiger partial charge >= 0.3 is 0 Å². The molecular weight excluding hydrogens is 184 g/mol. The molecule has 1 unspecified atom stereocenters. The third-order valence-corrected chi connectivity index (χ3v) is 3.37. The molecule has 2 heteroatoms. The Morgan fingerprint density at radius 1 is 1.40 bits per heavy atom. The first-order valence-electron chi connectivity index (χ1n) is 6.44. The molecule has 0 radical (unpaired) electrons. The van der Waals surface area contributed by atoms with Gasteiger partial charge in [-0.2, -0.15) is 0 Å². The van der Waals surface area contributed by atoms with Crippen molar-refractivity contribution in [1.82, 2.24) is 10.2 Å². The lowest BCUT2D eigenvalue weighted by atomic mass is 9.93. The predicted molar refractivity (Wildman–Crippen MR) is 67.2 cm³/mol. The van der Waals surface area contributed by atoms with Gasteiger partial charge < -0.3 is 10.2 Å². The van der Waals surface area contributed by atoms with Crippen molar-refractivity contribution in [2.75, 3.05) is 33.2 Å². The second-order valence-electron chi connectivity index (χ2n) is 5.87. The summed E-state index contributed by atoms with van der Waals surface area (Å²) in [6, 6.07) is 0. The van der Waals surface area contributed by atoms with E-state index in [9.17, 15) is 0 Å². The normalized spacial score (nSPS) is 23.6. The molecule has 0 aromatic rings. The molecule has 1 fully saturated rings. The second-order valence-corrected chi connectivity index (χ2v) is 5.87. The summed E-state index contributed by atoms with van der Waals surface area (Å²) in [6.45, 7) is 12.0. The highest BCUT2D eigenvalue weighted by Crippen LogP contribution is 2.24. The predicted octanol–water partition coefficient (Wildman–Crippen LogP) is 2.35. The Hall–Kier alpha value is -0.0800. The van der Waals surface area contributed by atoms with Gasteiger partial charge in [-0.15, -0.1) is 0 Å². The third kappa shape index (κ3) is 4.52. The second kappa shape index (κ2) is 5.86. The quantitative estimate of drug-likeness (QED) is 0.727. The largest absolute Gasteiger partial charge is 0.319 e. The van der Waals surface area contributed by atoms with E-state index in [-0.39, 0.29) is 0 Å². The van der Waals surface area contributed by atoms with E-state index in [1.807, 2.05) is 7.05 Å². The molecular formula is C13H28N2. The van der Waals surface area contributed by atoms with E-state index in [4.69, 9.17) is 0 Å². The molecule has 1 saturated heterocycles. The van der Waals surface area contributed by atoms with Crippen molar-refractivity contribution in [3.8, 4) is 0 Å². The van der Waals surface area contributed by atoms with Crippen LogP contribution in [0, 0.1) is 11.3 Å². The van der Waals surface area contributed by atoms with E-state index >= 15 is 0 Å². The van der Waals surface area contributed by atoms with E-state index in [0.717, 1.165) is 12.5 Å². The third-order valence-electron chi connectivity index (χ3n) is 3.37. The minimum Gasteiger partial charge on any atom is -0.319 e. The molecule has 0 aliphatic carbocycles. The molecule has 1 atom stereocenters. The fourth-order valence-electron chi connectivity index (χ4n) is 2.84. The van der Waals surface area contributed by atoms with Crippen LogP contribution in [0.4, 0.5) is 0 Å². The van der Waals surface area contributed by atoms with Gasteiger partial charge in [0.2, 0.25) is 0 Å². The number of rotatable bonds is 6. The standard InChI is InChI=1S/C13H28N2/c1-5-6-12-7-8-15(9-12)11-13(2,3)10-14-4/h12,14H,5-11H2,1-4H3. The van der Waals surface area contributed by atoms with Crippen LogP contribution in [0.5, 0.6) is 0 Å². The minimum absolute atomic E-state index is 0.413. The average molecular weight is 212 g/mol. The Kier molecular flexibility index (Phi) is 5.07. The van der Waals surface area contributed by atoms with E-state index in [0.29, 0.717) is 5.41 Å². The van der Waals surface area contributed by atoms with Crippen LogP contribution >= 0.6 is 0 Å². The summed E-state index contributed by atoms with van der Waals surface area (Å²) in [5.41, 5.74) is 0.413. The maximum absolute atomic E-state index is 3.29. The first kappa shape index (κ1) is 13.0. The van der Waals surface area contributed by atoms with Gasteiger partial charge in [-0.05, 0) is 37.8 Å². The Bertz CT molecular complexity index is 177. The molecule has 0 aromatic carbocycles. The zero-order valence-electron chi connectivity index (χ0n) is 11.0. The maximum atomic E-state index is 3.29. The molecule has 0 saturated carbocycles. The molecule has 1 heterocycles. The van der Waals surface area contributed by atoms with Crippen LogP contribution in [0.1, 0.15) is 40.0 Å². The minimum atomic E-state index is 0.413. The van der Waals surface area contributed by atoms with Crippen molar-refractivity contribution >= 4 is 0 Å². The topological polar surface area (TPSA) is 15.3 Å². The van der Waals surface area contributed by atoms with Gasteiger partial charge in [0.1, 0.15) is 0 Å². The summed E-state index contributed by atoms with van der Waals surface area (Å²) < 4.78 is 0. The van der Waals surface area contributed by atoms with Crippen molar-refractivity contribution in [2.45, 2.75) is 40.0 Å². The Labute approximate surface area is 95.4 Å². The molecule has 1 rings (SSSR count). The Balaban J connectivity index is 2.28. The van der Waals surface area contributed by atoms with Crippen LogP contribution in [-0.4, -0.2) is 38.1 Å². The van der Waals surface area contributed by atoms with Gasteiger partial charge in [-0.3, -0.25) is 0 Å². The number of likely N-dealkylation sites (tertiary alicyclic amines) is 1. The maximum Gasteiger partial charge on any atom is 0.00449 e. The summed E-state index contributed by atoms with van der Waals surface area (Å²) in [6.07, 6.45) is 4.19. The molecule has 0 aromatic heterocycles. The van der Waals surface area contributed by atoms with Crippen molar-refractivity contribution in [2.24, 2.45) is 11.3 Å². The fraction of sp³-hybridized carbons (Fsp3) is 1.00. The number of hydrogen-bond acceptors (Lipinski definition) is 2. The molecule has 1 N–H and O–H groups in total. The van der Waals surface area contributed by atoms with Crippen molar-refractivity contribution in [3.63, 3.8) is 0 Å². The summed E-state index contributed by atoms with van der Waals surface area (Å²) in [7, 11) is 2.05. The van der Waals surface area contributed by atoms with Crippen LogP contribution in [0.3, 0.4) is 0 Å². The number of nitrogens with zero attached hydrogens (tertiary/aromatic N) is 1. The first-order chi connectivity index (χ1) is 7.07. The lowest BCUT2D eigenvalue weighted by Gasteiger charge is -2.30. The van der Waals surface area contributed by atoms with E-state index in [1.54, 1.807) is 0 Å². The van der Waals surface area contributed by atoms with E-state index < -0.39 is 0 Å². The summed E-state index contributed by atoms with van der Waals surface area (Å²) in [5.74, 6) is 0.973. The van der Waals surface area contributed by atoms with Crippen molar-refractivity contribution < 1.29 is 0 Å². The van der Waals surface area contributed by atoms with E-state index in [2.05, 4.69) is 31.0 Å². The summed E-state index contributed by atoms with van der Waals surface area (Å²) in [4.78, 5) is 2.65. The zero-order chi connectivity index (χ0) is 11.3. The molecule has 1 aliphatic rings. The van der Waals surface area contributed by atoms with Gasteiger partial charge in [0, 0.05) is 19.6 Å². The van der Waals surface area contributed by atoms with Gasteiger partial charge in [0.25, 0.3) is 0 Å². The SMILES string of the molecule is CCCC1CCN(CC(C)(C)CNC)C1. The molecule has 2 nitrogen and oxygen atoms in total. The van der Waals surface area contributed by atoms with Crippen LogP contribution in [-0.2, 0) is 0 Å². The van der Waals surface area contributed by atoms with Crippen LogP contribution in [0.25, 0.3) is 0 Å². The summed E-state index contributed by atoms with van der Waals surface area (Å²) in [5, 5.41) is 3.29. The highest BCUT2D eigenvalue weighted by molar-refractivity contribution is 4.81. The highest BCUT2D eigenvalue weighted by Gasteiger charge is 2.27. The lowest BCUT2D eigenvalue weighted by molar-refractivity contribution is 0.201. The molecule has 15 heavy (non-hydrogen) atoms. The smallest absolute Gasteiger partial charge is 0.00449 e. The average Bonchev–Trinajstić information content (AvgIpc) is 2.52. The molecule has 1 aliphatic heterocycles. The van der Waals surface area contributed by atoms with Crippen LogP contribution in [0.2, 0.25) is 0 Å². The van der Waals surface area contributed by atoms with E-state index in [1.165, 1.54) is 38.9 Å². The lowest BCUT2D eigenvalue weighted by Crippen LogP contribution is -2.38. The van der Waals surface area contributed by atoms with Gasteiger partial charge in [-0.25, -0.2) is 0 Å². The molecule has 0 bridgehead atoms. The monoisotopic (exact) mass is 212 g/mol.